The molecule has 0 aliphatic carbocycles. The lowest BCUT2D eigenvalue weighted by Gasteiger charge is -2.10. The van der Waals surface area contributed by atoms with Crippen LogP contribution in [-0.2, 0) is 9.53 Å². The first-order valence-corrected chi connectivity index (χ1v) is 4.75. The number of rotatable bonds is 5. The third-order valence-electron chi connectivity index (χ3n) is 1.72. The molecule has 0 rings (SSSR count). The Morgan fingerprint density at radius 2 is 2.15 bits per heavy atom. The molecule has 0 saturated carbocycles. The van der Waals surface area contributed by atoms with Gasteiger partial charge in [0.2, 0.25) is 0 Å². The first kappa shape index (κ1) is 12.2. The van der Waals surface area contributed by atoms with Crippen LogP contribution in [0.5, 0.6) is 0 Å². The summed E-state index contributed by atoms with van der Waals surface area (Å²) in [5.74, 6) is -0.303. The highest BCUT2D eigenvalue weighted by molar-refractivity contribution is 5.87. The third-order valence-corrected chi connectivity index (χ3v) is 1.72. The van der Waals surface area contributed by atoms with Gasteiger partial charge in [-0.25, -0.2) is 4.79 Å². The van der Waals surface area contributed by atoms with Crippen molar-refractivity contribution in [3.8, 4) is 0 Å². The van der Waals surface area contributed by atoms with Crippen LogP contribution in [0.1, 0.15) is 40.0 Å². The molecule has 0 aromatic heterocycles. The number of ether oxygens (including phenoxy) is 1. The normalized spacial score (nSPS) is 14.0. The monoisotopic (exact) mass is 185 g/mol. The molecule has 0 bridgehead atoms. The SMILES string of the molecule is CCC/C=C(\C)C(=O)OC(N)CC. The predicted octanol–water partition coefficient (Wildman–Crippen LogP) is 1.97. The van der Waals surface area contributed by atoms with Gasteiger partial charge in [0.05, 0.1) is 0 Å². The summed E-state index contributed by atoms with van der Waals surface area (Å²) in [6.45, 7) is 5.69. The van der Waals surface area contributed by atoms with Crippen LogP contribution in [0.2, 0.25) is 0 Å². The fraction of sp³-hybridized carbons (Fsp3) is 0.700. The molecule has 0 aromatic carbocycles. The van der Waals surface area contributed by atoms with Crippen molar-refractivity contribution in [2.45, 2.75) is 46.3 Å². The molecule has 0 amide bonds. The molecular formula is C10H19NO2. The van der Waals surface area contributed by atoms with Gasteiger partial charge in [0.1, 0.15) is 0 Å². The maximum atomic E-state index is 11.2. The standard InChI is InChI=1S/C10H19NO2/c1-4-6-7-8(3)10(12)13-9(11)5-2/h7,9H,4-6,11H2,1-3H3/b8-7+. The molecule has 0 aliphatic heterocycles. The second-order valence-corrected chi connectivity index (χ2v) is 3.03. The Kier molecular flexibility index (Phi) is 6.24. The van der Waals surface area contributed by atoms with E-state index < -0.39 is 6.23 Å². The van der Waals surface area contributed by atoms with Crippen LogP contribution in [0.3, 0.4) is 0 Å². The van der Waals surface area contributed by atoms with Gasteiger partial charge in [0, 0.05) is 5.57 Å². The van der Waals surface area contributed by atoms with Gasteiger partial charge in [-0.2, -0.15) is 0 Å². The average molecular weight is 185 g/mol. The zero-order valence-corrected chi connectivity index (χ0v) is 8.67. The maximum Gasteiger partial charge on any atom is 0.334 e. The Morgan fingerprint density at radius 1 is 1.54 bits per heavy atom. The van der Waals surface area contributed by atoms with Crippen molar-refractivity contribution in [2.24, 2.45) is 5.73 Å². The van der Waals surface area contributed by atoms with E-state index in [0.29, 0.717) is 12.0 Å². The van der Waals surface area contributed by atoms with Crippen LogP contribution in [0.25, 0.3) is 0 Å². The quantitative estimate of drug-likeness (QED) is 0.405. The zero-order chi connectivity index (χ0) is 10.3. The third kappa shape index (κ3) is 5.42. The van der Waals surface area contributed by atoms with Crippen molar-refractivity contribution in [3.63, 3.8) is 0 Å². The van der Waals surface area contributed by atoms with Crippen molar-refractivity contribution in [1.29, 1.82) is 0 Å². The van der Waals surface area contributed by atoms with E-state index in [4.69, 9.17) is 10.5 Å². The lowest BCUT2D eigenvalue weighted by molar-refractivity contribution is -0.144. The lowest BCUT2D eigenvalue weighted by atomic mass is 10.2. The molecule has 0 aliphatic rings. The fourth-order valence-corrected chi connectivity index (χ4v) is 0.758. The van der Waals surface area contributed by atoms with Gasteiger partial charge in [-0.15, -0.1) is 0 Å². The number of carbonyl (C=O) groups is 1. The highest BCUT2D eigenvalue weighted by atomic mass is 16.6. The molecule has 3 heteroatoms. The molecule has 0 aromatic rings. The van der Waals surface area contributed by atoms with E-state index in [9.17, 15) is 4.79 Å². The molecule has 1 unspecified atom stereocenters. The number of hydrogen-bond donors (Lipinski definition) is 1. The molecular weight excluding hydrogens is 166 g/mol. The van der Waals surface area contributed by atoms with Crippen LogP contribution >= 0.6 is 0 Å². The van der Waals surface area contributed by atoms with Crippen LogP contribution in [0, 0.1) is 0 Å². The van der Waals surface area contributed by atoms with Gasteiger partial charge < -0.3 is 4.74 Å². The molecule has 2 N–H and O–H groups in total. The average Bonchev–Trinajstić information content (AvgIpc) is 2.13. The molecule has 3 nitrogen and oxygen atoms in total. The summed E-state index contributed by atoms with van der Waals surface area (Å²) in [5, 5.41) is 0. The van der Waals surface area contributed by atoms with Crippen molar-refractivity contribution >= 4 is 5.97 Å². The van der Waals surface area contributed by atoms with Gasteiger partial charge in [-0.3, -0.25) is 5.73 Å². The molecule has 0 fully saturated rings. The van der Waals surface area contributed by atoms with E-state index >= 15 is 0 Å². The Hall–Kier alpha value is -0.830. The molecule has 0 radical (unpaired) electrons. The zero-order valence-electron chi connectivity index (χ0n) is 8.67. The minimum atomic E-state index is -0.475. The smallest absolute Gasteiger partial charge is 0.334 e. The number of unbranched alkanes of at least 4 members (excludes halogenated alkanes) is 1. The highest BCUT2D eigenvalue weighted by Gasteiger charge is 2.08. The van der Waals surface area contributed by atoms with Crippen molar-refractivity contribution in [3.05, 3.63) is 11.6 Å². The predicted molar refractivity (Wildman–Crippen MR) is 53.0 cm³/mol. The van der Waals surface area contributed by atoms with E-state index in [-0.39, 0.29) is 5.97 Å². The Bertz CT molecular complexity index is 187. The highest BCUT2D eigenvalue weighted by Crippen LogP contribution is 2.02. The van der Waals surface area contributed by atoms with Crippen LogP contribution in [-0.4, -0.2) is 12.2 Å². The number of nitrogens with two attached hydrogens (primary N) is 1. The molecule has 13 heavy (non-hydrogen) atoms. The number of hydrogen-bond acceptors (Lipinski definition) is 3. The fourth-order valence-electron chi connectivity index (χ4n) is 0.758. The Morgan fingerprint density at radius 3 is 2.62 bits per heavy atom. The van der Waals surface area contributed by atoms with E-state index in [1.165, 1.54) is 0 Å². The number of allylic oxidation sites excluding steroid dienone is 1. The van der Waals surface area contributed by atoms with Gasteiger partial charge in [-0.1, -0.05) is 26.3 Å². The van der Waals surface area contributed by atoms with Crippen LogP contribution in [0.15, 0.2) is 11.6 Å². The van der Waals surface area contributed by atoms with E-state index in [1.807, 2.05) is 13.0 Å². The molecule has 0 heterocycles. The largest absolute Gasteiger partial charge is 0.443 e. The van der Waals surface area contributed by atoms with Gasteiger partial charge >= 0.3 is 5.97 Å². The second kappa shape index (κ2) is 6.66. The maximum absolute atomic E-state index is 11.2. The van der Waals surface area contributed by atoms with Gasteiger partial charge in [-0.05, 0) is 19.8 Å². The van der Waals surface area contributed by atoms with Crippen molar-refractivity contribution in [2.75, 3.05) is 0 Å². The van der Waals surface area contributed by atoms with Crippen molar-refractivity contribution < 1.29 is 9.53 Å². The first-order chi connectivity index (χ1) is 6.11. The lowest BCUT2D eigenvalue weighted by Crippen LogP contribution is -2.26. The van der Waals surface area contributed by atoms with Crippen LogP contribution in [0.4, 0.5) is 0 Å². The summed E-state index contributed by atoms with van der Waals surface area (Å²) in [5.41, 5.74) is 6.11. The second-order valence-electron chi connectivity index (χ2n) is 3.03. The van der Waals surface area contributed by atoms with E-state index in [0.717, 1.165) is 12.8 Å². The summed E-state index contributed by atoms with van der Waals surface area (Å²) in [4.78, 5) is 11.2. The minimum Gasteiger partial charge on any atom is -0.443 e. The summed E-state index contributed by atoms with van der Waals surface area (Å²) < 4.78 is 4.93. The topological polar surface area (TPSA) is 52.3 Å². The summed E-state index contributed by atoms with van der Waals surface area (Å²) >= 11 is 0. The molecule has 0 spiro atoms. The summed E-state index contributed by atoms with van der Waals surface area (Å²) in [6.07, 6.45) is 3.99. The summed E-state index contributed by atoms with van der Waals surface area (Å²) in [6, 6.07) is 0. The van der Waals surface area contributed by atoms with Gasteiger partial charge in [0.15, 0.2) is 6.23 Å². The first-order valence-electron chi connectivity index (χ1n) is 4.75. The van der Waals surface area contributed by atoms with Crippen LogP contribution < -0.4 is 5.73 Å². The van der Waals surface area contributed by atoms with Crippen molar-refractivity contribution in [1.82, 2.24) is 0 Å². The Balaban J connectivity index is 3.95. The molecule has 1 atom stereocenters. The van der Waals surface area contributed by atoms with Gasteiger partial charge in [0.25, 0.3) is 0 Å². The van der Waals surface area contributed by atoms with E-state index in [2.05, 4.69) is 6.92 Å². The Labute approximate surface area is 79.9 Å². The number of carbonyl (C=O) groups excluding carboxylic acids is 1. The molecule has 0 saturated heterocycles. The minimum absolute atomic E-state index is 0.303. The summed E-state index contributed by atoms with van der Waals surface area (Å²) in [7, 11) is 0. The molecule has 76 valence electrons. The number of esters is 1. The van der Waals surface area contributed by atoms with E-state index in [1.54, 1.807) is 6.92 Å².